The minimum absolute atomic E-state index is 0.187. The molecular weight excluding hydrogens is 216 g/mol. The molecule has 0 atom stereocenters. The van der Waals surface area contributed by atoms with Gasteiger partial charge >= 0.3 is 0 Å². The number of halogens is 1. The Kier molecular flexibility index (Phi) is 3.91. The highest BCUT2D eigenvalue weighted by molar-refractivity contribution is 6.18. The summed E-state index contributed by atoms with van der Waals surface area (Å²) in [5, 5.41) is 0. The van der Waals surface area contributed by atoms with E-state index in [4.69, 9.17) is 11.6 Å². The molecule has 0 spiro atoms. The SMILES string of the molecule is CN(CCCl)C(=O)c1ccn(C)c(=O)c1. The van der Waals surface area contributed by atoms with Crippen molar-refractivity contribution in [2.75, 3.05) is 19.5 Å². The van der Waals surface area contributed by atoms with Gasteiger partial charge in [-0.3, -0.25) is 9.59 Å². The van der Waals surface area contributed by atoms with Gasteiger partial charge in [0.2, 0.25) is 0 Å². The van der Waals surface area contributed by atoms with E-state index in [-0.39, 0.29) is 11.5 Å². The molecule has 1 aromatic rings. The van der Waals surface area contributed by atoms with Gasteiger partial charge in [-0.2, -0.15) is 0 Å². The fraction of sp³-hybridized carbons (Fsp3) is 0.400. The Hall–Kier alpha value is -1.29. The Morgan fingerprint density at radius 3 is 2.80 bits per heavy atom. The van der Waals surface area contributed by atoms with Gasteiger partial charge in [0.25, 0.3) is 11.5 Å². The number of alkyl halides is 1. The van der Waals surface area contributed by atoms with Crippen LogP contribution in [-0.2, 0) is 7.05 Å². The Labute approximate surface area is 93.1 Å². The van der Waals surface area contributed by atoms with Gasteiger partial charge < -0.3 is 9.47 Å². The van der Waals surface area contributed by atoms with E-state index in [2.05, 4.69) is 0 Å². The van der Waals surface area contributed by atoms with Crippen LogP contribution < -0.4 is 5.56 Å². The fourth-order valence-corrected chi connectivity index (χ4v) is 1.38. The first-order valence-corrected chi connectivity index (χ1v) is 5.08. The highest BCUT2D eigenvalue weighted by Gasteiger charge is 2.11. The summed E-state index contributed by atoms with van der Waals surface area (Å²) in [6.07, 6.45) is 1.57. The Balaban J connectivity index is 2.92. The molecule has 1 heterocycles. The van der Waals surface area contributed by atoms with Crippen molar-refractivity contribution in [3.8, 4) is 0 Å². The van der Waals surface area contributed by atoms with E-state index >= 15 is 0 Å². The lowest BCUT2D eigenvalue weighted by Gasteiger charge is -2.15. The molecule has 0 aromatic carbocycles. The predicted octanol–water partition coefficient (Wildman–Crippen LogP) is 0.696. The van der Waals surface area contributed by atoms with Crippen molar-refractivity contribution in [3.63, 3.8) is 0 Å². The van der Waals surface area contributed by atoms with Crippen molar-refractivity contribution in [2.24, 2.45) is 7.05 Å². The van der Waals surface area contributed by atoms with E-state index in [0.29, 0.717) is 18.0 Å². The lowest BCUT2D eigenvalue weighted by molar-refractivity contribution is 0.0803. The third-order valence-electron chi connectivity index (χ3n) is 2.12. The average Bonchev–Trinajstić information content (AvgIpc) is 2.21. The van der Waals surface area contributed by atoms with E-state index < -0.39 is 0 Å². The zero-order valence-corrected chi connectivity index (χ0v) is 9.49. The smallest absolute Gasteiger partial charge is 0.253 e. The molecule has 5 heteroatoms. The number of nitrogens with zero attached hydrogens (tertiary/aromatic N) is 2. The second kappa shape index (κ2) is 4.98. The van der Waals surface area contributed by atoms with Gasteiger partial charge in [0, 0.05) is 44.3 Å². The molecule has 0 aliphatic heterocycles. The lowest BCUT2D eigenvalue weighted by Crippen LogP contribution is -2.30. The Morgan fingerprint density at radius 1 is 1.60 bits per heavy atom. The largest absolute Gasteiger partial charge is 0.341 e. The summed E-state index contributed by atoms with van der Waals surface area (Å²) in [5.74, 6) is 0.195. The van der Waals surface area contributed by atoms with Gasteiger partial charge in [-0.25, -0.2) is 0 Å². The molecule has 0 aliphatic carbocycles. The third-order valence-corrected chi connectivity index (χ3v) is 2.29. The topological polar surface area (TPSA) is 42.3 Å². The van der Waals surface area contributed by atoms with Crippen LogP contribution in [0.2, 0.25) is 0 Å². The molecule has 0 saturated heterocycles. The summed E-state index contributed by atoms with van der Waals surface area (Å²) >= 11 is 5.52. The van der Waals surface area contributed by atoms with Crippen molar-refractivity contribution in [1.29, 1.82) is 0 Å². The summed E-state index contributed by atoms with van der Waals surface area (Å²) in [6.45, 7) is 0.468. The molecule has 0 bridgehead atoms. The molecule has 1 rings (SSSR count). The molecule has 1 amide bonds. The number of carbonyl (C=O) groups is 1. The highest BCUT2D eigenvalue weighted by atomic mass is 35.5. The number of hydrogen-bond acceptors (Lipinski definition) is 2. The molecule has 0 N–H and O–H groups in total. The number of pyridine rings is 1. The maximum atomic E-state index is 11.7. The first kappa shape index (κ1) is 11.8. The summed E-state index contributed by atoms with van der Waals surface area (Å²) in [4.78, 5) is 24.5. The van der Waals surface area contributed by atoms with Gasteiger partial charge in [-0.15, -0.1) is 11.6 Å². The predicted molar refractivity (Wildman–Crippen MR) is 59.4 cm³/mol. The van der Waals surface area contributed by atoms with Crippen molar-refractivity contribution in [1.82, 2.24) is 9.47 Å². The minimum Gasteiger partial charge on any atom is -0.341 e. The second-order valence-corrected chi connectivity index (χ2v) is 3.66. The Bertz CT molecular complexity index is 414. The van der Waals surface area contributed by atoms with Crippen molar-refractivity contribution < 1.29 is 4.79 Å². The highest BCUT2D eigenvalue weighted by Crippen LogP contribution is 2.00. The quantitative estimate of drug-likeness (QED) is 0.715. The molecule has 0 aliphatic rings. The van der Waals surface area contributed by atoms with Gasteiger partial charge in [-0.1, -0.05) is 0 Å². The number of hydrogen-bond donors (Lipinski definition) is 0. The molecular formula is C10H13ClN2O2. The molecule has 15 heavy (non-hydrogen) atoms. The van der Waals surface area contributed by atoms with Crippen LogP contribution >= 0.6 is 11.6 Å². The van der Waals surface area contributed by atoms with Gasteiger partial charge in [0.05, 0.1) is 0 Å². The zero-order valence-electron chi connectivity index (χ0n) is 8.74. The maximum absolute atomic E-state index is 11.7. The van der Waals surface area contributed by atoms with E-state index in [1.807, 2.05) is 0 Å². The molecule has 82 valence electrons. The first-order valence-electron chi connectivity index (χ1n) is 4.54. The number of carbonyl (C=O) groups excluding carboxylic acids is 1. The van der Waals surface area contributed by atoms with Crippen LogP contribution in [0.5, 0.6) is 0 Å². The Morgan fingerprint density at radius 2 is 2.27 bits per heavy atom. The number of aromatic nitrogens is 1. The summed E-state index contributed by atoms with van der Waals surface area (Å²) < 4.78 is 1.42. The summed E-state index contributed by atoms with van der Waals surface area (Å²) in [7, 11) is 3.29. The van der Waals surface area contributed by atoms with E-state index in [0.717, 1.165) is 0 Å². The van der Waals surface area contributed by atoms with E-state index in [9.17, 15) is 9.59 Å². The van der Waals surface area contributed by atoms with Crippen LogP contribution in [-0.4, -0.2) is 34.8 Å². The van der Waals surface area contributed by atoms with Crippen molar-refractivity contribution in [3.05, 3.63) is 34.2 Å². The standard InChI is InChI=1S/C10H13ClN2O2/c1-12-5-3-8(7-9(12)14)10(15)13(2)6-4-11/h3,5,7H,4,6H2,1-2H3. The second-order valence-electron chi connectivity index (χ2n) is 3.28. The maximum Gasteiger partial charge on any atom is 0.253 e. The number of aryl methyl sites for hydroxylation is 1. The molecule has 0 radical (unpaired) electrons. The van der Waals surface area contributed by atoms with Crippen molar-refractivity contribution in [2.45, 2.75) is 0 Å². The number of rotatable bonds is 3. The van der Waals surface area contributed by atoms with Crippen LogP contribution in [0, 0.1) is 0 Å². The van der Waals surface area contributed by atoms with E-state index in [1.54, 1.807) is 26.4 Å². The van der Waals surface area contributed by atoms with Gasteiger partial charge in [0.15, 0.2) is 0 Å². The van der Waals surface area contributed by atoms with Crippen LogP contribution in [0.1, 0.15) is 10.4 Å². The number of amides is 1. The minimum atomic E-state index is -0.194. The lowest BCUT2D eigenvalue weighted by atomic mass is 10.2. The van der Waals surface area contributed by atoms with Crippen LogP contribution in [0.25, 0.3) is 0 Å². The van der Waals surface area contributed by atoms with E-state index in [1.165, 1.54) is 15.5 Å². The average molecular weight is 229 g/mol. The van der Waals surface area contributed by atoms with Crippen LogP contribution in [0.15, 0.2) is 23.1 Å². The monoisotopic (exact) mass is 228 g/mol. The summed E-state index contributed by atoms with van der Waals surface area (Å²) in [6, 6.07) is 2.95. The van der Waals surface area contributed by atoms with Crippen molar-refractivity contribution >= 4 is 17.5 Å². The molecule has 1 aromatic heterocycles. The third kappa shape index (κ3) is 2.83. The molecule has 0 fully saturated rings. The van der Waals surface area contributed by atoms with Gasteiger partial charge in [0.1, 0.15) is 0 Å². The normalized spacial score (nSPS) is 10.1. The van der Waals surface area contributed by atoms with Crippen LogP contribution in [0.4, 0.5) is 0 Å². The first-order chi connectivity index (χ1) is 7.06. The van der Waals surface area contributed by atoms with Crippen LogP contribution in [0.3, 0.4) is 0 Å². The molecule has 0 saturated carbocycles. The van der Waals surface area contributed by atoms with Gasteiger partial charge in [-0.05, 0) is 6.07 Å². The molecule has 4 nitrogen and oxygen atoms in total. The molecule has 0 unspecified atom stereocenters. The zero-order chi connectivity index (χ0) is 11.4. The summed E-state index contributed by atoms with van der Waals surface area (Å²) in [5.41, 5.74) is 0.200. The fourth-order valence-electron chi connectivity index (χ4n) is 1.13.